The fourth-order valence-electron chi connectivity index (χ4n) is 2.14. The summed E-state index contributed by atoms with van der Waals surface area (Å²) in [5.74, 6) is 0. The van der Waals surface area contributed by atoms with Crippen molar-refractivity contribution in [3.63, 3.8) is 0 Å². The molecular formula is C16H22ClN3. The van der Waals surface area contributed by atoms with E-state index in [0.717, 1.165) is 43.1 Å². The highest BCUT2D eigenvalue weighted by Gasteiger charge is 2.02. The Morgan fingerprint density at radius 1 is 1.25 bits per heavy atom. The van der Waals surface area contributed by atoms with E-state index in [4.69, 9.17) is 11.6 Å². The topological polar surface area (TPSA) is 29.9 Å². The molecule has 2 aromatic rings. The van der Waals surface area contributed by atoms with Gasteiger partial charge in [-0.05, 0) is 49.5 Å². The van der Waals surface area contributed by atoms with E-state index in [1.165, 1.54) is 12.0 Å². The molecule has 1 N–H and O–H groups in total. The third-order valence-corrected chi connectivity index (χ3v) is 3.59. The number of aryl methyl sites for hydroxylation is 1. The van der Waals surface area contributed by atoms with Gasteiger partial charge in [-0.3, -0.25) is 4.68 Å². The number of nitrogens with zero attached hydrogens (tertiary/aromatic N) is 2. The molecule has 0 bridgehead atoms. The molecule has 0 spiro atoms. The molecule has 0 aliphatic carbocycles. The van der Waals surface area contributed by atoms with Crippen LogP contribution in [0.4, 0.5) is 0 Å². The molecule has 1 heterocycles. The molecule has 4 heteroatoms. The van der Waals surface area contributed by atoms with E-state index in [1.807, 2.05) is 35.1 Å². The van der Waals surface area contributed by atoms with Crippen LogP contribution in [0.5, 0.6) is 0 Å². The Labute approximate surface area is 126 Å². The number of benzene rings is 1. The summed E-state index contributed by atoms with van der Waals surface area (Å²) in [5.41, 5.74) is 2.39. The van der Waals surface area contributed by atoms with Gasteiger partial charge in [0.05, 0.1) is 12.7 Å². The highest BCUT2D eigenvalue weighted by atomic mass is 35.5. The molecule has 108 valence electrons. The van der Waals surface area contributed by atoms with Crippen molar-refractivity contribution in [2.75, 3.05) is 13.1 Å². The second-order valence-electron chi connectivity index (χ2n) is 4.99. The van der Waals surface area contributed by atoms with Crippen LogP contribution in [0.2, 0.25) is 5.02 Å². The molecule has 0 saturated heterocycles. The van der Waals surface area contributed by atoms with Gasteiger partial charge in [0.15, 0.2) is 0 Å². The lowest BCUT2D eigenvalue weighted by molar-refractivity contribution is 0.639. The van der Waals surface area contributed by atoms with Crippen LogP contribution in [0.1, 0.15) is 30.9 Å². The maximum Gasteiger partial charge on any atom is 0.0673 e. The van der Waals surface area contributed by atoms with Gasteiger partial charge in [0.25, 0.3) is 0 Å². The highest BCUT2D eigenvalue weighted by Crippen LogP contribution is 2.16. The van der Waals surface area contributed by atoms with Gasteiger partial charge in [-0.25, -0.2) is 0 Å². The monoisotopic (exact) mass is 291 g/mol. The molecular weight excluding hydrogens is 270 g/mol. The molecule has 0 amide bonds. The maximum atomic E-state index is 6.16. The lowest BCUT2D eigenvalue weighted by Crippen LogP contribution is -2.16. The summed E-state index contributed by atoms with van der Waals surface area (Å²) in [6.45, 7) is 5.09. The van der Waals surface area contributed by atoms with Gasteiger partial charge in [-0.15, -0.1) is 0 Å². The number of halogens is 1. The molecule has 20 heavy (non-hydrogen) atoms. The van der Waals surface area contributed by atoms with Crippen molar-refractivity contribution in [2.24, 2.45) is 0 Å². The molecule has 2 rings (SSSR count). The molecule has 0 fully saturated rings. The first kappa shape index (κ1) is 15.1. The zero-order valence-electron chi connectivity index (χ0n) is 12.0. The molecule has 0 unspecified atom stereocenters. The van der Waals surface area contributed by atoms with Crippen LogP contribution in [0, 0.1) is 0 Å². The summed E-state index contributed by atoms with van der Waals surface area (Å²) in [4.78, 5) is 0. The zero-order chi connectivity index (χ0) is 14.2. The molecule has 0 saturated carbocycles. The van der Waals surface area contributed by atoms with Gasteiger partial charge in [-0.1, -0.05) is 36.7 Å². The minimum absolute atomic E-state index is 0.730. The van der Waals surface area contributed by atoms with Crippen molar-refractivity contribution in [1.82, 2.24) is 15.1 Å². The number of aromatic nitrogens is 2. The fraction of sp³-hybridized carbons (Fsp3) is 0.438. The van der Waals surface area contributed by atoms with Crippen molar-refractivity contribution < 1.29 is 0 Å². The standard InChI is InChI=1S/C16H22ClN3/c1-2-9-18-10-5-6-14-11-19-20(12-14)13-15-7-3-4-8-16(15)17/h3-4,7-8,11-12,18H,2,5-6,9-10,13H2,1H3. The van der Waals surface area contributed by atoms with E-state index in [0.29, 0.717) is 0 Å². The highest BCUT2D eigenvalue weighted by molar-refractivity contribution is 6.31. The Balaban J connectivity index is 1.82. The van der Waals surface area contributed by atoms with Gasteiger partial charge in [0.2, 0.25) is 0 Å². The predicted molar refractivity (Wildman–Crippen MR) is 84.3 cm³/mol. The van der Waals surface area contributed by atoms with Crippen LogP contribution in [-0.2, 0) is 13.0 Å². The SMILES string of the molecule is CCCNCCCc1cnn(Cc2ccccc2Cl)c1. The quantitative estimate of drug-likeness (QED) is 0.754. The summed E-state index contributed by atoms with van der Waals surface area (Å²) in [6.07, 6.45) is 7.48. The van der Waals surface area contributed by atoms with Crippen LogP contribution < -0.4 is 5.32 Å². The van der Waals surface area contributed by atoms with Crippen molar-refractivity contribution >= 4 is 11.6 Å². The number of hydrogen-bond acceptors (Lipinski definition) is 2. The second-order valence-corrected chi connectivity index (χ2v) is 5.40. The van der Waals surface area contributed by atoms with Gasteiger partial charge >= 0.3 is 0 Å². The summed E-state index contributed by atoms with van der Waals surface area (Å²) in [5, 5.41) is 8.62. The van der Waals surface area contributed by atoms with E-state index in [9.17, 15) is 0 Å². The summed E-state index contributed by atoms with van der Waals surface area (Å²) < 4.78 is 1.95. The minimum Gasteiger partial charge on any atom is -0.317 e. The minimum atomic E-state index is 0.730. The average Bonchev–Trinajstić information content (AvgIpc) is 2.89. The number of nitrogens with one attached hydrogen (secondary N) is 1. The van der Waals surface area contributed by atoms with Gasteiger partial charge in [0, 0.05) is 11.2 Å². The summed E-state index contributed by atoms with van der Waals surface area (Å²) in [7, 11) is 0. The zero-order valence-corrected chi connectivity index (χ0v) is 12.7. The predicted octanol–water partition coefficient (Wildman–Crippen LogP) is 3.52. The van der Waals surface area contributed by atoms with E-state index in [1.54, 1.807) is 0 Å². The number of hydrogen-bond donors (Lipinski definition) is 1. The Morgan fingerprint density at radius 2 is 2.10 bits per heavy atom. The third kappa shape index (κ3) is 4.66. The number of rotatable bonds is 8. The average molecular weight is 292 g/mol. The first-order chi connectivity index (χ1) is 9.79. The first-order valence-electron chi connectivity index (χ1n) is 7.25. The largest absolute Gasteiger partial charge is 0.317 e. The van der Waals surface area contributed by atoms with Crippen molar-refractivity contribution in [1.29, 1.82) is 0 Å². The lowest BCUT2D eigenvalue weighted by atomic mass is 10.2. The van der Waals surface area contributed by atoms with Crippen LogP contribution in [0.3, 0.4) is 0 Å². The smallest absolute Gasteiger partial charge is 0.0673 e. The first-order valence-corrected chi connectivity index (χ1v) is 7.63. The van der Waals surface area contributed by atoms with Crippen molar-refractivity contribution in [3.8, 4) is 0 Å². The summed E-state index contributed by atoms with van der Waals surface area (Å²) >= 11 is 6.16. The Bertz CT molecular complexity index is 522. The van der Waals surface area contributed by atoms with E-state index < -0.39 is 0 Å². The molecule has 0 radical (unpaired) electrons. The summed E-state index contributed by atoms with van der Waals surface area (Å²) in [6, 6.07) is 7.91. The second kappa shape index (κ2) is 8.08. The lowest BCUT2D eigenvalue weighted by Gasteiger charge is -2.04. The van der Waals surface area contributed by atoms with Gasteiger partial charge < -0.3 is 5.32 Å². The normalized spacial score (nSPS) is 10.9. The molecule has 0 atom stereocenters. The maximum absolute atomic E-state index is 6.16. The van der Waals surface area contributed by atoms with Crippen LogP contribution in [0.15, 0.2) is 36.7 Å². The Morgan fingerprint density at radius 3 is 2.90 bits per heavy atom. The fourth-order valence-corrected chi connectivity index (χ4v) is 2.34. The van der Waals surface area contributed by atoms with E-state index in [-0.39, 0.29) is 0 Å². The van der Waals surface area contributed by atoms with E-state index >= 15 is 0 Å². The van der Waals surface area contributed by atoms with Crippen LogP contribution >= 0.6 is 11.6 Å². The third-order valence-electron chi connectivity index (χ3n) is 3.22. The van der Waals surface area contributed by atoms with Crippen LogP contribution in [-0.4, -0.2) is 22.9 Å². The molecule has 1 aromatic heterocycles. The Kier molecular flexibility index (Phi) is 6.09. The van der Waals surface area contributed by atoms with Gasteiger partial charge in [-0.2, -0.15) is 5.10 Å². The van der Waals surface area contributed by atoms with Crippen molar-refractivity contribution in [2.45, 2.75) is 32.7 Å². The molecule has 0 aliphatic heterocycles. The van der Waals surface area contributed by atoms with Crippen molar-refractivity contribution in [3.05, 3.63) is 52.8 Å². The van der Waals surface area contributed by atoms with Gasteiger partial charge in [0.1, 0.15) is 0 Å². The van der Waals surface area contributed by atoms with Crippen LogP contribution in [0.25, 0.3) is 0 Å². The molecule has 1 aromatic carbocycles. The van der Waals surface area contributed by atoms with E-state index in [2.05, 4.69) is 23.5 Å². The Hall–Kier alpha value is -1.32. The molecule has 0 aliphatic rings. The molecule has 3 nitrogen and oxygen atoms in total.